The van der Waals surface area contributed by atoms with E-state index in [4.69, 9.17) is 5.11 Å². The van der Waals surface area contributed by atoms with Crippen LogP contribution in [0.4, 0.5) is 0 Å². The molecule has 4 heteroatoms. The van der Waals surface area contributed by atoms with Crippen LogP contribution >= 0.6 is 0 Å². The Kier molecular flexibility index (Phi) is 4.12. The second-order valence-electron chi connectivity index (χ2n) is 4.62. The van der Waals surface area contributed by atoms with E-state index in [0.29, 0.717) is 12.3 Å². The van der Waals surface area contributed by atoms with Crippen molar-refractivity contribution >= 4 is 11.9 Å². The Labute approximate surface area is 90.3 Å². The van der Waals surface area contributed by atoms with E-state index in [1.807, 2.05) is 0 Å². The summed E-state index contributed by atoms with van der Waals surface area (Å²) in [5.41, 5.74) is 0. The first-order valence-electron chi connectivity index (χ1n) is 5.44. The second kappa shape index (κ2) is 5.14. The fraction of sp³-hybridized carbons (Fsp3) is 0.818. The number of carboxylic acids is 1. The Morgan fingerprint density at radius 3 is 2.47 bits per heavy atom. The molecular formula is C11H19NO3. The highest BCUT2D eigenvalue weighted by Gasteiger charge is 2.25. The largest absolute Gasteiger partial charge is 0.481 e. The lowest BCUT2D eigenvalue weighted by atomic mass is 10.0. The van der Waals surface area contributed by atoms with E-state index in [1.54, 1.807) is 18.9 Å². The minimum atomic E-state index is -0.833. The van der Waals surface area contributed by atoms with Crippen LogP contribution in [-0.2, 0) is 9.59 Å². The molecule has 0 aliphatic heterocycles. The Balaban J connectivity index is 2.23. The molecule has 1 rings (SSSR count). The van der Waals surface area contributed by atoms with Crippen molar-refractivity contribution in [2.75, 3.05) is 13.6 Å². The SMILES string of the molecule is CC(CC(=O)O)CC(=O)N(C)CC1CC1. The van der Waals surface area contributed by atoms with Crippen molar-refractivity contribution in [1.29, 1.82) is 0 Å². The first-order chi connectivity index (χ1) is 6.99. The topological polar surface area (TPSA) is 57.6 Å². The van der Waals surface area contributed by atoms with Crippen molar-refractivity contribution < 1.29 is 14.7 Å². The molecule has 1 N–H and O–H groups in total. The van der Waals surface area contributed by atoms with Gasteiger partial charge < -0.3 is 10.0 Å². The molecule has 86 valence electrons. The predicted molar refractivity (Wildman–Crippen MR) is 56.4 cm³/mol. The quantitative estimate of drug-likeness (QED) is 0.724. The highest BCUT2D eigenvalue weighted by molar-refractivity contribution is 5.77. The summed E-state index contributed by atoms with van der Waals surface area (Å²) in [7, 11) is 1.80. The third-order valence-electron chi connectivity index (χ3n) is 2.70. The molecule has 0 radical (unpaired) electrons. The van der Waals surface area contributed by atoms with Gasteiger partial charge in [0, 0.05) is 26.4 Å². The van der Waals surface area contributed by atoms with Crippen molar-refractivity contribution in [3.63, 3.8) is 0 Å². The molecule has 0 aromatic rings. The Morgan fingerprint density at radius 2 is 2.00 bits per heavy atom. The molecule has 1 aliphatic rings. The van der Waals surface area contributed by atoms with Gasteiger partial charge >= 0.3 is 5.97 Å². The van der Waals surface area contributed by atoms with Crippen molar-refractivity contribution in [3.05, 3.63) is 0 Å². The number of aliphatic carboxylic acids is 1. The number of carbonyl (C=O) groups excluding carboxylic acids is 1. The zero-order chi connectivity index (χ0) is 11.4. The van der Waals surface area contributed by atoms with E-state index >= 15 is 0 Å². The van der Waals surface area contributed by atoms with Gasteiger partial charge in [0.1, 0.15) is 0 Å². The molecule has 4 nitrogen and oxygen atoms in total. The van der Waals surface area contributed by atoms with Gasteiger partial charge in [0.25, 0.3) is 0 Å². The smallest absolute Gasteiger partial charge is 0.303 e. The van der Waals surface area contributed by atoms with Crippen LogP contribution in [0, 0.1) is 11.8 Å². The van der Waals surface area contributed by atoms with Gasteiger partial charge in [0.15, 0.2) is 0 Å². The molecule has 0 bridgehead atoms. The molecule has 1 fully saturated rings. The third kappa shape index (κ3) is 4.81. The molecule has 0 saturated heterocycles. The van der Waals surface area contributed by atoms with Gasteiger partial charge in [-0.25, -0.2) is 0 Å². The molecule has 0 aromatic heterocycles. The molecule has 0 spiro atoms. The van der Waals surface area contributed by atoms with Crippen molar-refractivity contribution in [2.24, 2.45) is 11.8 Å². The molecule has 1 amide bonds. The molecule has 1 atom stereocenters. The molecule has 1 saturated carbocycles. The lowest BCUT2D eigenvalue weighted by Crippen LogP contribution is -2.30. The number of carboxylic acid groups (broad SMARTS) is 1. The van der Waals surface area contributed by atoms with E-state index in [0.717, 1.165) is 6.54 Å². The van der Waals surface area contributed by atoms with Crippen molar-refractivity contribution in [1.82, 2.24) is 4.90 Å². The highest BCUT2D eigenvalue weighted by atomic mass is 16.4. The minimum absolute atomic E-state index is 0.0654. The number of amides is 1. The molecule has 0 heterocycles. The van der Waals surface area contributed by atoms with Gasteiger partial charge in [-0.05, 0) is 24.7 Å². The molecule has 0 aromatic carbocycles. The standard InChI is InChI=1S/C11H19NO3/c1-8(6-11(14)15)5-10(13)12(2)7-9-3-4-9/h8-9H,3-7H2,1-2H3,(H,14,15). The van der Waals surface area contributed by atoms with Gasteiger partial charge in [-0.15, -0.1) is 0 Å². The Bertz CT molecular complexity index is 248. The number of hydrogen-bond acceptors (Lipinski definition) is 2. The van der Waals surface area contributed by atoms with Gasteiger partial charge in [0.2, 0.25) is 5.91 Å². The maximum Gasteiger partial charge on any atom is 0.303 e. The first kappa shape index (κ1) is 12.0. The van der Waals surface area contributed by atoms with Crippen LogP contribution in [0.2, 0.25) is 0 Å². The summed E-state index contributed by atoms with van der Waals surface area (Å²) in [6.45, 7) is 2.63. The fourth-order valence-electron chi connectivity index (χ4n) is 1.61. The summed E-state index contributed by atoms with van der Waals surface area (Å²) >= 11 is 0. The fourth-order valence-corrected chi connectivity index (χ4v) is 1.61. The summed E-state index contributed by atoms with van der Waals surface area (Å²) in [5, 5.41) is 8.57. The average Bonchev–Trinajstić information content (AvgIpc) is 2.86. The van der Waals surface area contributed by atoms with Crippen LogP contribution in [0.1, 0.15) is 32.6 Å². The van der Waals surface area contributed by atoms with Crippen LogP contribution < -0.4 is 0 Å². The lowest BCUT2D eigenvalue weighted by molar-refractivity contribution is -0.138. The second-order valence-corrected chi connectivity index (χ2v) is 4.62. The van der Waals surface area contributed by atoms with Crippen molar-refractivity contribution in [3.8, 4) is 0 Å². The van der Waals surface area contributed by atoms with E-state index in [9.17, 15) is 9.59 Å². The van der Waals surface area contributed by atoms with Crippen LogP contribution in [-0.4, -0.2) is 35.5 Å². The van der Waals surface area contributed by atoms with E-state index < -0.39 is 5.97 Å². The van der Waals surface area contributed by atoms with E-state index in [-0.39, 0.29) is 18.2 Å². The summed E-state index contributed by atoms with van der Waals surface area (Å²) in [6, 6.07) is 0. The van der Waals surface area contributed by atoms with Crippen LogP contribution in [0.5, 0.6) is 0 Å². The lowest BCUT2D eigenvalue weighted by Gasteiger charge is -2.18. The molecular weight excluding hydrogens is 194 g/mol. The van der Waals surface area contributed by atoms with Gasteiger partial charge in [0.05, 0.1) is 0 Å². The molecule has 1 unspecified atom stereocenters. The molecule has 15 heavy (non-hydrogen) atoms. The van der Waals surface area contributed by atoms with E-state index in [1.165, 1.54) is 12.8 Å². The summed E-state index contributed by atoms with van der Waals surface area (Å²) < 4.78 is 0. The monoisotopic (exact) mass is 213 g/mol. The number of rotatable bonds is 6. The van der Waals surface area contributed by atoms with Crippen LogP contribution in [0.3, 0.4) is 0 Å². The zero-order valence-corrected chi connectivity index (χ0v) is 9.40. The Morgan fingerprint density at radius 1 is 1.40 bits per heavy atom. The predicted octanol–water partition coefficient (Wildman–Crippen LogP) is 1.36. The average molecular weight is 213 g/mol. The van der Waals surface area contributed by atoms with Gasteiger partial charge in [-0.2, -0.15) is 0 Å². The Hall–Kier alpha value is -1.06. The maximum atomic E-state index is 11.6. The van der Waals surface area contributed by atoms with Gasteiger partial charge in [-0.3, -0.25) is 9.59 Å². The van der Waals surface area contributed by atoms with E-state index in [2.05, 4.69) is 0 Å². The number of carbonyl (C=O) groups is 2. The number of hydrogen-bond donors (Lipinski definition) is 1. The van der Waals surface area contributed by atoms with Crippen molar-refractivity contribution in [2.45, 2.75) is 32.6 Å². The summed E-state index contributed by atoms with van der Waals surface area (Å²) in [5.74, 6) is -0.152. The first-order valence-corrected chi connectivity index (χ1v) is 5.44. The summed E-state index contributed by atoms with van der Waals surface area (Å²) in [6.07, 6.45) is 2.86. The maximum absolute atomic E-state index is 11.6. The normalized spacial score (nSPS) is 17.2. The molecule has 1 aliphatic carbocycles. The van der Waals surface area contributed by atoms with Crippen LogP contribution in [0.15, 0.2) is 0 Å². The third-order valence-corrected chi connectivity index (χ3v) is 2.70. The minimum Gasteiger partial charge on any atom is -0.481 e. The highest BCUT2D eigenvalue weighted by Crippen LogP contribution is 2.29. The van der Waals surface area contributed by atoms with Crippen LogP contribution in [0.25, 0.3) is 0 Å². The zero-order valence-electron chi connectivity index (χ0n) is 9.40. The summed E-state index contributed by atoms with van der Waals surface area (Å²) in [4.78, 5) is 23.8. The van der Waals surface area contributed by atoms with Gasteiger partial charge in [-0.1, -0.05) is 6.92 Å². The number of nitrogens with zero attached hydrogens (tertiary/aromatic N) is 1.